The lowest BCUT2D eigenvalue weighted by molar-refractivity contribution is 0.0372. The Balaban J connectivity index is 0.00000242. The quantitative estimate of drug-likeness (QED) is 0.297. The minimum Gasteiger partial charge on any atom is -0.379 e. The number of nitrogens with zero attached hydrogens (tertiary/aromatic N) is 2. The second-order valence-electron chi connectivity index (χ2n) is 5.15. The molecule has 1 fully saturated rings. The van der Waals surface area contributed by atoms with Gasteiger partial charge in [-0.2, -0.15) is 11.3 Å². The van der Waals surface area contributed by atoms with Crippen LogP contribution >= 0.6 is 35.3 Å². The summed E-state index contributed by atoms with van der Waals surface area (Å²) in [6.07, 6.45) is 2.38. The summed E-state index contributed by atoms with van der Waals surface area (Å²) in [5.74, 6) is 0.882. The molecule has 0 aliphatic carbocycles. The molecule has 5 nitrogen and oxygen atoms in total. The van der Waals surface area contributed by atoms with Gasteiger partial charge in [-0.05, 0) is 41.8 Å². The van der Waals surface area contributed by atoms with E-state index in [0.717, 1.165) is 51.8 Å². The van der Waals surface area contributed by atoms with Crippen LogP contribution in [0.25, 0.3) is 0 Å². The first-order valence-corrected chi connectivity index (χ1v) is 8.58. The number of morpholine rings is 1. The van der Waals surface area contributed by atoms with Crippen LogP contribution in [0.5, 0.6) is 0 Å². The highest BCUT2D eigenvalue weighted by Crippen LogP contribution is 2.04. The molecule has 0 aromatic carbocycles. The third-order valence-corrected chi connectivity index (χ3v) is 4.29. The predicted octanol–water partition coefficient (Wildman–Crippen LogP) is 2.14. The van der Waals surface area contributed by atoms with E-state index in [0.29, 0.717) is 0 Å². The van der Waals surface area contributed by atoms with E-state index < -0.39 is 0 Å². The number of hydrogen-bond acceptors (Lipinski definition) is 4. The predicted molar refractivity (Wildman–Crippen MR) is 104 cm³/mol. The zero-order chi connectivity index (χ0) is 14.8. The van der Waals surface area contributed by atoms with Crippen molar-refractivity contribution in [3.63, 3.8) is 0 Å². The van der Waals surface area contributed by atoms with Crippen LogP contribution in [0.4, 0.5) is 0 Å². The number of thiophene rings is 1. The van der Waals surface area contributed by atoms with Crippen LogP contribution in [-0.2, 0) is 11.3 Å². The number of ether oxygens (including phenoxy) is 1. The van der Waals surface area contributed by atoms with Crippen molar-refractivity contribution >= 4 is 41.3 Å². The molecule has 2 rings (SSSR count). The smallest absolute Gasteiger partial charge is 0.191 e. The highest BCUT2D eigenvalue weighted by molar-refractivity contribution is 14.0. The van der Waals surface area contributed by atoms with Crippen molar-refractivity contribution in [1.29, 1.82) is 0 Å². The fraction of sp³-hybridized carbons (Fsp3) is 0.667. The molecule has 1 saturated heterocycles. The summed E-state index contributed by atoms with van der Waals surface area (Å²) in [4.78, 5) is 6.73. The molecule has 1 aromatic heterocycles. The molecule has 1 aliphatic rings. The van der Waals surface area contributed by atoms with E-state index in [4.69, 9.17) is 4.74 Å². The van der Waals surface area contributed by atoms with E-state index in [2.05, 4.69) is 37.4 Å². The minimum absolute atomic E-state index is 0. The normalized spacial score (nSPS) is 16.1. The van der Waals surface area contributed by atoms with Gasteiger partial charge in [0.05, 0.1) is 13.2 Å². The number of aliphatic imine (C=N–C) groups is 1. The summed E-state index contributed by atoms with van der Waals surface area (Å²) in [6, 6.07) is 2.13. The van der Waals surface area contributed by atoms with Gasteiger partial charge in [0, 0.05) is 33.2 Å². The van der Waals surface area contributed by atoms with Crippen LogP contribution in [0.3, 0.4) is 0 Å². The van der Waals surface area contributed by atoms with Gasteiger partial charge in [0.1, 0.15) is 0 Å². The molecule has 0 unspecified atom stereocenters. The number of hydrogen-bond donors (Lipinski definition) is 2. The van der Waals surface area contributed by atoms with Crippen molar-refractivity contribution < 1.29 is 4.74 Å². The first kappa shape index (κ1) is 19.7. The maximum atomic E-state index is 5.35. The molecule has 0 amide bonds. The van der Waals surface area contributed by atoms with Gasteiger partial charge in [0.25, 0.3) is 0 Å². The SMILES string of the molecule is CN=C(NCCCCN1CCOCC1)NCc1ccsc1.I. The van der Waals surface area contributed by atoms with Crippen molar-refractivity contribution in [3.05, 3.63) is 22.4 Å². The Morgan fingerprint density at radius 2 is 2.14 bits per heavy atom. The lowest BCUT2D eigenvalue weighted by Crippen LogP contribution is -2.38. The Morgan fingerprint density at radius 1 is 1.32 bits per heavy atom. The molecule has 0 radical (unpaired) electrons. The highest BCUT2D eigenvalue weighted by Gasteiger charge is 2.08. The molecule has 0 spiro atoms. The zero-order valence-electron chi connectivity index (χ0n) is 13.2. The molecule has 2 heterocycles. The van der Waals surface area contributed by atoms with Gasteiger partial charge in [0.15, 0.2) is 5.96 Å². The number of guanidine groups is 1. The summed E-state index contributed by atoms with van der Waals surface area (Å²) in [5.41, 5.74) is 1.30. The van der Waals surface area contributed by atoms with Crippen molar-refractivity contribution in [2.75, 3.05) is 46.4 Å². The maximum absolute atomic E-state index is 5.35. The minimum atomic E-state index is 0. The lowest BCUT2D eigenvalue weighted by atomic mass is 10.2. The third-order valence-electron chi connectivity index (χ3n) is 3.56. The van der Waals surface area contributed by atoms with Gasteiger partial charge in [-0.15, -0.1) is 24.0 Å². The second-order valence-corrected chi connectivity index (χ2v) is 5.93. The number of rotatable bonds is 7. The molecule has 0 atom stereocenters. The monoisotopic (exact) mass is 438 g/mol. The van der Waals surface area contributed by atoms with E-state index in [1.165, 1.54) is 18.5 Å². The number of halogens is 1. The average molecular weight is 438 g/mol. The Bertz CT molecular complexity index is 408. The Morgan fingerprint density at radius 3 is 2.82 bits per heavy atom. The Hall–Kier alpha value is -0.380. The van der Waals surface area contributed by atoms with Crippen LogP contribution in [0.15, 0.2) is 21.8 Å². The Kier molecular flexibility index (Phi) is 10.8. The molecular formula is C15H27IN4OS. The largest absolute Gasteiger partial charge is 0.379 e. The molecule has 1 aliphatic heterocycles. The molecule has 2 N–H and O–H groups in total. The van der Waals surface area contributed by atoms with Gasteiger partial charge < -0.3 is 15.4 Å². The molecule has 0 bridgehead atoms. The zero-order valence-corrected chi connectivity index (χ0v) is 16.4. The first-order valence-electron chi connectivity index (χ1n) is 7.64. The molecule has 0 saturated carbocycles. The summed E-state index contributed by atoms with van der Waals surface area (Å²) in [6.45, 7) is 6.90. The van der Waals surface area contributed by atoms with Crippen LogP contribution in [-0.4, -0.2) is 57.3 Å². The van der Waals surface area contributed by atoms with E-state index >= 15 is 0 Å². The third kappa shape index (κ3) is 7.75. The molecule has 1 aromatic rings. The van der Waals surface area contributed by atoms with Gasteiger partial charge >= 0.3 is 0 Å². The van der Waals surface area contributed by atoms with E-state index in [1.807, 2.05) is 7.05 Å². The summed E-state index contributed by atoms with van der Waals surface area (Å²) in [5, 5.41) is 11.0. The Labute approximate surface area is 154 Å². The number of nitrogens with one attached hydrogen (secondary N) is 2. The fourth-order valence-electron chi connectivity index (χ4n) is 2.29. The van der Waals surface area contributed by atoms with Gasteiger partial charge in [-0.3, -0.25) is 9.89 Å². The maximum Gasteiger partial charge on any atom is 0.191 e. The van der Waals surface area contributed by atoms with Crippen LogP contribution in [0.2, 0.25) is 0 Å². The molecular weight excluding hydrogens is 411 g/mol. The lowest BCUT2D eigenvalue weighted by Gasteiger charge is -2.26. The summed E-state index contributed by atoms with van der Waals surface area (Å²) in [7, 11) is 1.82. The van der Waals surface area contributed by atoms with E-state index in [1.54, 1.807) is 11.3 Å². The average Bonchev–Trinajstić information content (AvgIpc) is 3.04. The summed E-state index contributed by atoms with van der Waals surface area (Å²) < 4.78 is 5.35. The second kappa shape index (κ2) is 12.1. The van der Waals surface area contributed by atoms with Crippen LogP contribution < -0.4 is 10.6 Å². The van der Waals surface area contributed by atoms with Gasteiger partial charge in [-0.25, -0.2) is 0 Å². The molecule has 7 heteroatoms. The summed E-state index contributed by atoms with van der Waals surface area (Å²) >= 11 is 1.72. The molecule has 22 heavy (non-hydrogen) atoms. The highest BCUT2D eigenvalue weighted by atomic mass is 127. The van der Waals surface area contributed by atoms with Crippen molar-refractivity contribution in [1.82, 2.24) is 15.5 Å². The first-order chi connectivity index (χ1) is 10.4. The van der Waals surface area contributed by atoms with Crippen LogP contribution in [0.1, 0.15) is 18.4 Å². The van der Waals surface area contributed by atoms with E-state index in [-0.39, 0.29) is 24.0 Å². The number of unbranched alkanes of at least 4 members (excludes halogenated alkanes) is 1. The topological polar surface area (TPSA) is 48.9 Å². The van der Waals surface area contributed by atoms with Crippen molar-refractivity contribution in [3.8, 4) is 0 Å². The molecule has 126 valence electrons. The van der Waals surface area contributed by atoms with Gasteiger partial charge in [-0.1, -0.05) is 0 Å². The van der Waals surface area contributed by atoms with Crippen molar-refractivity contribution in [2.45, 2.75) is 19.4 Å². The fourth-order valence-corrected chi connectivity index (χ4v) is 2.96. The van der Waals surface area contributed by atoms with Gasteiger partial charge in [0.2, 0.25) is 0 Å². The van der Waals surface area contributed by atoms with Crippen LogP contribution in [0, 0.1) is 0 Å². The van der Waals surface area contributed by atoms with E-state index in [9.17, 15) is 0 Å². The standard InChI is InChI=1S/C15H26N4OS.HI/c1-16-15(18-12-14-4-11-21-13-14)17-5-2-3-6-19-7-9-20-10-8-19;/h4,11,13H,2-3,5-10,12H2,1H3,(H2,16,17,18);1H. The van der Waals surface area contributed by atoms with Crippen molar-refractivity contribution in [2.24, 2.45) is 4.99 Å².